The molecule has 1 N–H and O–H groups in total. The van der Waals surface area contributed by atoms with E-state index in [1.165, 1.54) is 11.3 Å². The van der Waals surface area contributed by atoms with Gasteiger partial charge in [0.1, 0.15) is 0 Å². The molecule has 0 saturated carbocycles. The van der Waals surface area contributed by atoms with E-state index in [9.17, 15) is 0 Å². The van der Waals surface area contributed by atoms with Gasteiger partial charge in [-0.25, -0.2) is 0 Å². The highest BCUT2D eigenvalue weighted by Gasteiger charge is 2.14. The van der Waals surface area contributed by atoms with E-state index in [4.69, 9.17) is 0 Å². The van der Waals surface area contributed by atoms with Gasteiger partial charge in [0, 0.05) is 11.7 Å². The Morgan fingerprint density at radius 2 is 1.87 bits per heavy atom. The molecule has 3 nitrogen and oxygen atoms in total. The molecule has 0 saturated heterocycles. The molecule has 2 unspecified atom stereocenters. The summed E-state index contributed by atoms with van der Waals surface area (Å²) in [4.78, 5) is 0. The van der Waals surface area contributed by atoms with Gasteiger partial charge in [0.05, 0.1) is 11.7 Å². The van der Waals surface area contributed by atoms with Gasteiger partial charge >= 0.3 is 0 Å². The molecule has 1 rings (SSSR count). The highest BCUT2D eigenvalue weighted by Crippen LogP contribution is 2.19. The van der Waals surface area contributed by atoms with Gasteiger partial charge in [0.2, 0.25) is 0 Å². The minimum atomic E-state index is 0.458. The van der Waals surface area contributed by atoms with Crippen molar-refractivity contribution in [2.24, 2.45) is 0 Å². The maximum Gasteiger partial charge on any atom is 0.0625 e. The van der Waals surface area contributed by atoms with Crippen molar-refractivity contribution in [1.82, 2.24) is 15.1 Å². The van der Waals surface area contributed by atoms with Gasteiger partial charge in [-0.15, -0.1) is 0 Å². The van der Waals surface area contributed by atoms with Crippen LogP contribution < -0.4 is 5.32 Å². The second kappa shape index (κ2) is 4.79. The quantitative estimate of drug-likeness (QED) is 0.825. The molecule has 15 heavy (non-hydrogen) atoms. The largest absolute Gasteiger partial charge is 0.317 e. The highest BCUT2D eigenvalue weighted by atomic mass is 15.3. The molecule has 0 amide bonds. The number of hydrogen-bond acceptors (Lipinski definition) is 2. The summed E-state index contributed by atoms with van der Waals surface area (Å²) in [5.41, 5.74) is 3.76. The van der Waals surface area contributed by atoms with Gasteiger partial charge in [-0.1, -0.05) is 0 Å². The van der Waals surface area contributed by atoms with Crippen molar-refractivity contribution in [3.63, 3.8) is 0 Å². The zero-order valence-electron chi connectivity index (χ0n) is 10.8. The fraction of sp³-hybridized carbons (Fsp3) is 0.750. The van der Waals surface area contributed by atoms with Crippen molar-refractivity contribution in [2.45, 2.75) is 53.1 Å². The number of nitrogens with one attached hydrogen (secondary N) is 1. The van der Waals surface area contributed by atoms with Gasteiger partial charge < -0.3 is 5.32 Å². The zero-order chi connectivity index (χ0) is 11.6. The Balaban J connectivity index is 2.82. The molecule has 0 aromatic carbocycles. The Morgan fingerprint density at radius 1 is 1.27 bits per heavy atom. The van der Waals surface area contributed by atoms with Crippen LogP contribution in [0.2, 0.25) is 0 Å². The molecule has 1 aromatic rings. The molecule has 2 atom stereocenters. The summed E-state index contributed by atoms with van der Waals surface area (Å²) < 4.78 is 2.15. The molecular formula is C12H23N3. The first-order chi connectivity index (χ1) is 6.97. The van der Waals surface area contributed by atoms with Crippen molar-refractivity contribution >= 4 is 0 Å². The Morgan fingerprint density at radius 3 is 2.27 bits per heavy atom. The molecule has 0 bridgehead atoms. The van der Waals surface area contributed by atoms with Crippen LogP contribution in [0.4, 0.5) is 0 Å². The number of hydrogen-bond donors (Lipinski definition) is 1. The maximum atomic E-state index is 4.59. The van der Waals surface area contributed by atoms with Gasteiger partial charge in [0.15, 0.2) is 0 Å². The van der Waals surface area contributed by atoms with Gasteiger partial charge in [-0.05, 0) is 53.7 Å². The average Bonchev–Trinajstić information content (AvgIpc) is 2.45. The second-order valence-electron chi connectivity index (χ2n) is 4.51. The smallest absolute Gasteiger partial charge is 0.0625 e. The summed E-state index contributed by atoms with van der Waals surface area (Å²) >= 11 is 0. The Hall–Kier alpha value is -0.830. The van der Waals surface area contributed by atoms with E-state index in [-0.39, 0.29) is 0 Å². The van der Waals surface area contributed by atoms with Crippen molar-refractivity contribution in [1.29, 1.82) is 0 Å². The Bertz CT molecular complexity index is 328. The van der Waals surface area contributed by atoms with Crippen molar-refractivity contribution < 1.29 is 0 Å². The number of nitrogens with zero attached hydrogens (tertiary/aromatic N) is 2. The second-order valence-corrected chi connectivity index (χ2v) is 4.51. The van der Waals surface area contributed by atoms with E-state index in [1.54, 1.807) is 0 Å². The van der Waals surface area contributed by atoms with Crippen LogP contribution in [0.25, 0.3) is 0 Å². The van der Waals surface area contributed by atoms with Crippen LogP contribution in [0.5, 0.6) is 0 Å². The molecule has 0 aliphatic heterocycles. The Kier molecular flexibility index (Phi) is 3.91. The molecule has 0 spiro atoms. The average molecular weight is 209 g/mol. The van der Waals surface area contributed by atoms with E-state index < -0.39 is 0 Å². The highest BCUT2D eigenvalue weighted by molar-refractivity contribution is 5.22. The number of rotatable bonds is 4. The summed E-state index contributed by atoms with van der Waals surface area (Å²) in [6, 6.07) is 0.990. The van der Waals surface area contributed by atoms with E-state index in [2.05, 4.69) is 49.7 Å². The third-order valence-electron chi connectivity index (χ3n) is 3.29. The third kappa shape index (κ3) is 2.59. The minimum Gasteiger partial charge on any atom is -0.317 e. The van der Waals surface area contributed by atoms with Crippen LogP contribution in [0.1, 0.15) is 43.3 Å². The van der Waals surface area contributed by atoms with Crippen molar-refractivity contribution in [2.75, 3.05) is 7.05 Å². The molecule has 0 aliphatic carbocycles. The minimum absolute atomic E-state index is 0.458. The molecule has 0 fully saturated rings. The molecule has 1 heterocycles. The Labute approximate surface area is 92.9 Å². The SMILES string of the molecule is CNC(C)CC(C)n1nc(C)c(C)c1C. The predicted molar refractivity (Wildman–Crippen MR) is 64.3 cm³/mol. The third-order valence-corrected chi connectivity index (χ3v) is 3.29. The molecular weight excluding hydrogens is 186 g/mol. The monoisotopic (exact) mass is 209 g/mol. The van der Waals surface area contributed by atoms with Crippen molar-refractivity contribution in [3.05, 3.63) is 17.0 Å². The molecule has 1 aromatic heterocycles. The number of aromatic nitrogens is 2. The summed E-state index contributed by atoms with van der Waals surface area (Å²) in [6.07, 6.45) is 1.11. The predicted octanol–water partition coefficient (Wildman–Crippen LogP) is 2.37. The fourth-order valence-corrected chi connectivity index (χ4v) is 1.90. The van der Waals surface area contributed by atoms with Crippen LogP contribution in [-0.4, -0.2) is 22.9 Å². The van der Waals surface area contributed by atoms with Crippen LogP contribution in [0.15, 0.2) is 0 Å². The lowest BCUT2D eigenvalue weighted by atomic mass is 10.1. The van der Waals surface area contributed by atoms with Crippen LogP contribution in [0, 0.1) is 20.8 Å². The lowest BCUT2D eigenvalue weighted by Crippen LogP contribution is -2.25. The van der Waals surface area contributed by atoms with Crippen molar-refractivity contribution in [3.8, 4) is 0 Å². The van der Waals surface area contributed by atoms with Gasteiger partial charge in [-0.3, -0.25) is 4.68 Å². The van der Waals surface area contributed by atoms with Gasteiger partial charge in [0.25, 0.3) is 0 Å². The summed E-state index contributed by atoms with van der Waals surface area (Å²) in [5, 5.41) is 7.85. The molecule has 3 heteroatoms. The summed E-state index contributed by atoms with van der Waals surface area (Å²) in [5.74, 6) is 0. The van der Waals surface area contributed by atoms with E-state index in [1.807, 2.05) is 7.05 Å². The van der Waals surface area contributed by atoms with E-state index in [0.717, 1.165) is 12.1 Å². The lowest BCUT2D eigenvalue weighted by molar-refractivity contribution is 0.395. The number of aryl methyl sites for hydroxylation is 1. The first-order valence-electron chi connectivity index (χ1n) is 5.67. The first kappa shape index (κ1) is 12.2. The maximum absolute atomic E-state index is 4.59. The fourth-order valence-electron chi connectivity index (χ4n) is 1.90. The topological polar surface area (TPSA) is 29.9 Å². The summed E-state index contributed by atoms with van der Waals surface area (Å²) in [6.45, 7) is 10.8. The zero-order valence-corrected chi connectivity index (χ0v) is 10.8. The van der Waals surface area contributed by atoms with E-state index in [0.29, 0.717) is 12.1 Å². The van der Waals surface area contributed by atoms with E-state index >= 15 is 0 Å². The molecule has 0 aliphatic rings. The van der Waals surface area contributed by atoms with Crippen LogP contribution >= 0.6 is 0 Å². The standard InChI is InChI=1S/C12H23N3/c1-8(13-6)7-9(2)15-12(5)10(3)11(4)14-15/h8-9,13H,7H2,1-6H3. The van der Waals surface area contributed by atoms with Gasteiger partial charge in [-0.2, -0.15) is 5.10 Å². The molecule has 0 radical (unpaired) electrons. The first-order valence-corrected chi connectivity index (χ1v) is 5.67. The van der Waals surface area contributed by atoms with Crippen LogP contribution in [0.3, 0.4) is 0 Å². The van der Waals surface area contributed by atoms with Crippen LogP contribution in [-0.2, 0) is 0 Å². The molecule has 86 valence electrons. The lowest BCUT2D eigenvalue weighted by Gasteiger charge is -2.18. The summed E-state index contributed by atoms with van der Waals surface area (Å²) in [7, 11) is 2.00. The normalized spacial score (nSPS) is 15.3.